The van der Waals surface area contributed by atoms with Crippen LogP contribution in [-0.4, -0.2) is 24.3 Å². The summed E-state index contributed by atoms with van der Waals surface area (Å²) < 4.78 is 25.7. The highest BCUT2D eigenvalue weighted by Gasteiger charge is 2.24. The van der Waals surface area contributed by atoms with Gasteiger partial charge in [-0.15, -0.1) is 0 Å². The van der Waals surface area contributed by atoms with Gasteiger partial charge < -0.3 is 0 Å². The Hall–Kier alpha value is -2.29. The lowest BCUT2D eigenvalue weighted by Gasteiger charge is -2.06. The molecule has 1 aromatic carbocycles. The third-order valence-corrected chi connectivity index (χ3v) is 7.49. The molecule has 1 amide bonds. The fourth-order valence-corrected chi connectivity index (χ4v) is 5.71. The van der Waals surface area contributed by atoms with E-state index in [1.807, 2.05) is 13.0 Å². The smallest absolute Gasteiger partial charge is 0.276 e. The van der Waals surface area contributed by atoms with Gasteiger partial charge in [-0.3, -0.25) is 15.1 Å². The van der Waals surface area contributed by atoms with Crippen molar-refractivity contribution in [3.8, 4) is 0 Å². The largest absolute Gasteiger partial charge is 0.296 e. The van der Waals surface area contributed by atoms with Crippen LogP contribution >= 0.6 is 22.9 Å². The molecule has 3 aromatic rings. The van der Waals surface area contributed by atoms with E-state index in [9.17, 15) is 13.2 Å². The topological polar surface area (TPSA) is 89.0 Å². The maximum absolute atomic E-state index is 12.8. The van der Waals surface area contributed by atoms with Crippen molar-refractivity contribution in [3.05, 3.63) is 70.1 Å². The summed E-state index contributed by atoms with van der Waals surface area (Å²) in [6.45, 7) is 3.48. The van der Waals surface area contributed by atoms with E-state index in [-0.39, 0.29) is 20.8 Å². The van der Waals surface area contributed by atoms with E-state index >= 15 is 0 Å². The summed E-state index contributed by atoms with van der Waals surface area (Å²) in [5, 5.41) is 3.20. The first-order valence-electron chi connectivity index (χ1n) is 7.94. The molecule has 27 heavy (non-hydrogen) atoms. The van der Waals surface area contributed by atoms with Crippen LogP contribution in [0.5, 0.6) is 0 Å². The molecule has 0 fully saturated rings. The molecule has 9 heteroatoms. The van der Waals surface area contributed by atoms with Gasteiger partial charge in [0.1, 0.15) is 9.90 Å². The number of sulfone groups is 1. The number of pyridine rings is 1. The standard InChI is InChI=1S/C18H16ClN3O3S2/c1-11-6-7-13(14(19)9-11)10-27(24,25)17-12(2)21-18(26-17)22-16(23)15-5-3-4-8-20-15/h3-9H,10H2,1-2H3,(H,21,22,23). The number of hydrogen-bond donors (Lipinski definition) is 1. The lowest BCUT2D eigenvalue weighted by atomic mass is 10.2. The van der Waals surface area contributed by atoms with Crippen molar-refractivity contribution in [2.75, 3.05) is 5.32 Å². The molecule has 140 valence electrons. The van der Waals surface area contributed by atoms with E-state index in [0.717, 1.165) is 16.9 Å². The van der Waals surface area contributed by atoms with E-state index in [4.69, 9.17) is 11.6 Å². The van der Waals surface area contributed by atoms with Gasteiger partial charge in [-0.05, 0) is 43.2 Å². The SMILES string of the molecule is Cc1ccc(CS(=O)(=O)c2sc(NC(=O)c3ccccn3)nc2C)c(Cl)c1. The predicted octanol–water partition coefficient (Wildman–Crippen LogP) is 4.03. The first-order valence-corrected chi connectivity index (χ1v) is 10.8. The van der Waals surface area contributed by atoms with Crippen LogP contribution < -0.4 is 5.32 Å². The summed E-state index contributed by atoms with van der Waals surface area (Å²) in [5.74, 6) is -0.683. The Bertz CT molecular complexity index is 1100. The fourth-order valence-electron chi connectivity index (χ4n) is 2.42. The number of halogens is 1. The van der Waals surface area contributed by atoms with Crippen LogP contribution in [0.25, 0.3) is 0 Å². The van der Waals surface area contributed by atoms with Crippen LogP contribution in [0.3, 0.4) is 0 Å². The van der Waals surface area contributed by atoms with E-state index in [2.05, 4.69) is 15.3 Å². The van der Waals surface area contributed by atoms with Gasteiger partial charge in [0.2, 0.25) is 0 Å². The van der Waals surface area contributed by atoms with Crippen molar-refractivity contribution in [2.45, 2.75) is 23.8 Å². The molecule has 0 aliphatic carbocycles. The Morgan fingerprint density at radius 1 is 1.22 bits per heavy atom. The lowest BCUT2D eigenvalue weighted by Crippen LogP contribution is -2.13. The number of aromatic nitrogens is 2. The van der Waals surface area contributed by atoms with Crippen molar-refractivity contribution in [1.29, 1.82) is 0 Å². The van der Waals surface area contributed by atoms with Gasteiger partial charge in [0, 0.05) is 11.2 Å². The number of rotatable bonds is 5. The molecule has 3 rings (SSSR count). The number of aryl methyl sites for hydroxylation is 2. The molecule has 0 saturated heterocycles. The van der Waals surface area contributed by atoms with Crippen LogP contribution in [-0.2, 0) is 15.6 Å². The second-order valence-corrected chi connectivity index (χ2v) is 9.51. The van der Waals surface area contributed by atoms with Crippen molar-refractivity contribution in [1.82, 2.24) is 9.97 Å². The molecule has 6 nitrogen and oxygen atoms in total. The zero-order valence-electron chi connectivity index (χ0n) is 14.6. The number of carbonyl (C=O) groups is 1. The quantitative estimate of drug-likeness (QED) is 0.671. The number of carbonyl (C=O) groups excluding carboxylic acids is 1. The highest BCUT2D eigenvalue weighted by atomic mass is 35.5. The summed E-state index contributed by atoms with van der Waals surface area (Å²) in [7, 11) is -3.65. The Morgan fingerprint density at radius 3 is 2.67 bits per heavy atom. The highest BCUT2D eigenvalue weighted by molar-refractivity contribution is 7.92. The van der Waals surface area contributed by atoms with Crippen LogP contribution in [0.15, 0.2) is 46.8 Å². The monoisotopic (exact) mass is 421 g/mol. The molecule has 0 bridgehead atoms. The normalized spacial score (nSPS) is 11.4. The van der Waals surface area contributed by atoms with Gasteiger partial charge in [0.05, 0.1) is 11.4 Å². The molecule has 0 aliphatic rings. The second kappa shape index (κ2) is 7.75. The lowest BCUT2D eigenvalue weighted by molar-refractivity contribution is 0.102. The van der Waals surface area contributed by atoms with Crippen LogP contribution in [0.4, 0.5) is 5.13 Å². The first kappa shape index (κ1) is 19.5. The van der Waals surface area contributed by atoms with Crippen LogP contribution in [0.1, 0.15) is 27.3 Å². The number of amides is 1. The van der Waals surface area contributed by atoms with Gasteiger partial charge in [-0.2, -0.15) is 0 Å². The summed E-state index contributed by atoms with van der Waals surface area (Å²) in [6, 6.07) is 10.2. The Labute approximate surface area is 166 Å². The van der Waals surface area contributed by atoms with E-state index in [1.165, 1.54) is 6.20 Å². The zero-order valence-corrected chi connectivity index (χ0v) is 17.0. The van der Waals surface area contributed by atoms with Crippen molar-refractivity contribution >= 4 is 43.8 Å². The number of anilines is 1. The molecule has 0 unspecified atom stereocenters. The fraction of sp³-hybridized carbons (Fsp3) is 0.167. The minimum atomic E-state index is -3.65. The summed E-state index contributed by atoms with van der Waals surface area (Å²) >= 11 is 7.08. The van der Waals surface area contributed by atoms with Crippen LogP contribution in [0, 0.1) is 13.8 Å². The molecule has 0 atom stereocenters. The van der Waals surface area contributed by atoms with Gasteiger partial charge in [-0.25, -0.2) is 13.4 Å². The van der Waals surface area contributed by atoms with Gasteiger partial charge in [0.25, 0.3) is 5.91 Å². The number of nitrogens with one attached hydrogen (secondary N) is 1. The average Bonchev–Trinajstić information content (AvgIpc) is 2.99. The molecular formula is C18H16ClN3O3S2. The molecule has 0 radical (unpaired) electrons. The van der Waals surface area contributed by atoms with Crippen molar-refractivity contribution in [2.24, 2.45) is 0 Å². The van der Waals surface area contributed by atoms with Crippen molar-refractivity contribution in [3.63, 3.8) is 0 Å². The van der Waals surface area contributed by atoms with Gasteiger partial charge >= 0.3 is 0 Å². The van der Waals surface area contributed by atoms with E-state index in [1.54, 1.807) is 37.3 Å². The highest BCUT2D eigenvalue weighted by Crippen LogP contribution is 2.31. The Morgan fingerprint density at radius 2 is 2.00 bits per heavy atom. The molecule has 2 aromatic heterocycles. The summed E-state index contributed by atoms with van der Waals surface area (Å²) in [6.07, 6.45) is 1.50. The third kappa shape index (κ3) is 4.52. The second-order valence-electron chi connectivity index (χ2n) is 5.91. The number of benzene rings is 1. The van der Waals surface area contributed by atoms with Crippen LogP contribution in [0.2, 0.25) is 5.02 Å². The zero-order chi connectivity index (χ0) is 19.6. The number of nitrogens with zero attached hydrogens (tertiary/aromatic N) is 2. The maximum Gasteiger partial charge on any atom is 0.276 e. The van der Waals surface area contributed by atoms with E-state index < -0.39 is 15.7 Å². The van der Waals surface area contributed by atoms with Gasteiger partial charge in [-0.1, -0.05) is 41.1 Å². The minimum absolute atomic E-state index is 0.107. The molecular weight excluding hydrogens is 406 g/mol. The minimum Gasteiger partial charge on any atom is -0.296 e. The van der Waals surface area contributed by atoms with Crippen molar-refractivity contribution < 1.29 is 13.2 Å². The molecule has 0 saturated carbocycles. The molecule has 0 aliphatic heterocycles. The number of thiazole rings is 1. The maximum atomic E-state index is 12.8. The Kier molecular flexibility index (Phi) is 5.59. The average molecular weight is 422 g/mol. The van der Waals surface area contributed by atoms with Gasteiger partial charge in [0.15, 0.2) is 15.0 Å². The third-order valence-electron chi connectivity index (χ3n) is 3.71. The predicted molar refractivity (Wildman–Crippen MR) is 106 cm³/mol. The summed E-state index contributed by atoms with van der Waals surface area (Å²) in [5.41, 5.74) is 2.03. The van der Waals surface area contributed by atoms with E-state index in [0.29, 0.717) is 16.3 Å². The molecule has 0 spiro atoms. The summed E-state index contributed by atoms with van der Waals surface area (Å²) in [4.78, 5) is 20.3. The molecule has 2 heterocycles. The molecule has 1 N–H and O–H groups in total. The first-order chi connectivity index (χ1) is 12.8. The Balaban J connectivity index is 1.83. The number of hydrogen-bond acceptors (Lipinski definition) is 6.